The lowest BCUT2D eigenvalue weighted by Gasteiger charge is -1.94. The summed E-state index contributed by atoms with van der Waals surface area (Å²) in [4.78, 5) is 0. The number of methoxy groups -OCH3 is 1. The number of rotatable bonds is 7. The Kier molecular flexibility index (Phi) is 4.62. The number of unbranched alkanes of at least 4 members (excludes halogenated alkanes) is 2. The fourth-order valence-corrected chi connectivity index (χ4v) is 1.52. The lowest BCUT2D eigenvalue weighted by molar-refractivity contribution is 0.184. The maximum Gasteiger partial charge on any atom is 0.0863 e. The number of hydrogen-bond acceptors (Lipinski definition) is 2. The maximum atomic E-state index is 5.49. The van der Waals surface area contributed by atoms with Crippen molar-refractivity contribution >= 4 is 0 Å². The van der Waals surface area contributed by atoms with Gasteiger partial charge in [-0.25, -0.2) is 0 Å². The monoisotopic (exact) mass is 172 g/mol. The van der Waals surface area contributed by atoms with Gasteiger partial charge in [0.25, 0.3) is 0 Å². The summed E-state index contributed by atoms with van der Waals surface area (Å²) >= 11 is 0. The summed E-state index contributed by atoms with van der Waals surface area (Å²) < 4.78 is 10.5. The van der Waals surface area contributed by atoms with E-state index in [-0.39, 0.29) is 0 Å². The molecule has 0 aromatic carbocycles. The molecule has 0 saturated carbocycles. The molecule has 2 atom stereocenters. The van der Waals surface area contributed by atoms with Gasteiger partial charge in [0.05, 0.1) is 12.2 Å². The molecule has 0 unspecified atom stereocenters. The highest BCUT2D eigenvalue weighted by atomic mass is 16.6. The number of epoxide rings is 1. The average molecular weight is 172 g/mol. The van der Waals surface area contributed by atoms with E-state index in [1.165, 1.54) is 25.7 Å². The second-order valence-electron chi connectivity index (χ2n) is 3.49. The zero-order valence-electron chi connectivity index (χ0n) is 8.21. The van der Waals surface area contributed by atoms with E-state index in [9.17, 15) is 0 Å². The van der Waals surface area contributed by atoms with Crippen molar-refractivity contribution in [3.05, 3.63) is 0 Å². The van der Waals surface area contributed by atoms with Gasteiger partial charge in [0.1, 0.15) is 0 Å². The lowest BCUT2D eigenvalue weighted by Crippen LogP contribution is -1.98. The van der Waals surface area contributed by atoms with Crippen molar-refractivity contribution < 1.29 is 9.47 Å². The summed E-state index contributed by atoms with van der Waals surface area (Å²) in [7, 11) is 1.74. The highest BCUT2D eigenvalue weighted by molar-refractivity contribution is 4.84. The lowest BCUT2D eigenvalue weighted by atomic mass is 10.1. The SMILES string of the molecule is CCCCC[C@@H]1O[C@@H]1CCOC. The van der Waals surface area contributed by atoms with Crippen molar-refractivity contribution in [3.63, 3.8) is 0 Å². The van der Waals surface area contributed by atoms with E-state index in [0.717, 1.165) is 13.0 Å². The van der Waals surface area contributed by atoms with Gasteiger partial charge in [-0.1, -0.05) is 26.2 Å². The van der Waals surface area contributed by atoms with Crippen molar-refractivity contribution in [2.75, 3.05) is 13.7 Å². The third-order valence-corrected chi connectivity index (χ3v) is 2.39. The molecule has 2 heteroatoms. The Hall–Kier alpha value is -0.0800. The molecule has 2 nitrogen and oxygen atoms in total. The molecule has 0 amide bonds. The van der Waals surface area contributed by atoms with Crippen LogP contribution in [0.4, 0.5) is 0 Å². The van der Waals surface area contributed by atoms with Gasteiger partial charge in [-0.05, 0) is 12.8 Å². The molecular formula is C10H20O2. The summed E-state index contributed by atoms with van der Waals surface area (Å²) in [6.45, 7) is 3.07. The summed E-state index contributed by atoms with van der Waals surface area (Å²) in [5.41, 5.74) is 0. The molecule has 0 aromatic rings. The Balaban J connectivity index is 1.86. The van der Waals surface area contributed by atoms with E-state index >= 15 is 0 Å². The predicted octanol–water partition coefficient (Wildman–Crippen LogP) is 2.37. The normalized spacial score (nSPS) is 27.5. The first-order chi connectivity index (χ1) is 5.88. The molecule has 0 spiro atoms. The Morgan fingerprint density at radius 1 is 1.17 bits per heavy atom. The zero-order chi connectivity index (χ0) is 8.81. The molecule has 0 bridgehead atoms. The molecule has 0 aliphatic carbocycles. The predicted molar refractivity (Wildman–Crippen MR) is 49.3 cm³/mol. The Morgan fingerprint density at radius 2 is 1.92 bits per heavy atom. The Labute approximate surface area is 75.2 Å². The van der Waals surface area contributed by atoms with Crippen molar-refractivity contribution in [1.29, 1.82) is 0 Å². The molecule has 1 aliphatic heterocycles. The Bertz CT molecular complexity index is 114. The van der Waals surface area contributed by atoms with Crippen molar-refractivity contribution in [1.82, 2.24) is 0 Å². The first-order valence-electron chi connectivity index (χ1n) is 5.03. The molecule has 72 valence electrons. The van der Waals surface area contributed by atoms with Crippen LogP contribution < -0.4 is 0 Å². The summed E-state index contributed by atoms with van der Waals surface area (Å²) in [6, 6.07) is 0. The van der Waals surface area contributed by atoms with Crippen LogP contribution in [0.15, 0.2) is 0 Å². The van der Waals surface area contributed by atoms with Crippen LogP contribution in [-0.2, 0) is 9.47 Å². The molecule has 1 aliphatic rings. The van der Waals surface area contributed by atoms with E-state index in [0.29, 0.717) is 12.2 Å². The van der Waals surface area contributed by atoms with Crippen molar-refractivity contribution in [3.8, 4) is 0 Å². The fraction of sp³-hybridized carbons (Fsp3) is 1.00. The second-order valence-corrected chi connectivity index (χ2v) is 3.49. The largest absolute Gasteiger partial charge is 0.385 e. The molecule has 0 radical (unpaired) electrons. The van der Waals surface area contributed by atoms with Crippen LogP contribution >= 0.6 is 0 Å². The van der Waals surface area contributed by atoms with Crippen molar-refractivity contribution in [2.45, 2.75) is 51.2 Å². The minimum atomic E-state index is 0.516. The standard InChI is InChI=1S/C10H20O2/c1-3-4-5-6-9-10(12-9)7-8-11-2/h9-10H,3-8H2,1-2H3/t9-,10+/m0/s1. The van der Waals surface area contributed by atoms with Crippen LogP contribution in [0.1, 0.15) is 39.0 Å². The third kappa shape index (κ3) is 3.55. The van der Waals surface area contributed by atoms with Gasteiger partial charge in [0, 0.05) is 13.7 Å². The summed E-state index contributed by atoms with van der Waals surface area (Å²) in [5, 5.41) is 0. The minimum Gasteiger partial charge on any atom is -0.385 e. The first-order valence-corrected chi connectivity index (χ1v) is 5.03. The third-order valence-electron chi connectivity index (χ3n) is 2.39. The van der Waals surface area contributed by atoms with Gasteiger partial charge in [-0.2, -0.15) is 0 Å². The molecule has 1 saturated heterocycles. The fourth-order valence-electron chi connectivity index (χ4n) is 1.52. The maximum absolute atomic E-state index is 5.49. The van der Waals surface area contributed by atoms with Crippen LogP contribution in [0.3, 0.4) is 0 Å². The molecule has 0 aromatic heterocycles. The molecule has 1 fully saturated rings. The van der Waals surface area contributed by atoms with Crippen LogP contribution in [0.5, 0.6) is 0 Å². The van der Waals surface area contributed by atoms with E-state index in [1.54, 1.807) is 7.11 Å². The van der Waals surface area contributed by atoms with Crippen molar-refractivity contribution in [2.24, 2.45) is 0 Å². The average Bonchev–Trinajstić information content (AvgIpc) is 2.81. The van der Waals surface area contributed by atoms with E-state index in [2.05, 4.69) is 6.92 Å². The quantitative estimate of drug-likeness (QED) is 0.434. The number of hydrogen-bond donors (Lipinski definition) is 0. The van der Waals surface area contributed by atoms with Gasteiger partial charge < -0.3 is 9.47 Å². The molecular weight excluding hydrogens is 152 g/mol. The van der Waals surface area contributed by atoms with Crippen LogP contribution in [0, 0.1) is 0 Å². The molecule has 0 N–H and O–H groups in total. The van der Waals surface area contributed by atoms with Gasteiger partial charge in [0.15, 0.2) is 0 Å². The smallest absolute Gasteiger partial charge is 0.0863 e. The molecule has 12 heavy (non-hydrogen) atoms. The topological polar surface area (TPSA) is 21.8 Å². The van der Waals surface area contributed by atoms with E-state index in [1.807, 2.05) is 0 Å². The number of ether oxygens (including phenoxy) is 2. The summed E-state index contributed by atoms with van der Waals surface area (Å²) in [6.07, 6.45) is 7.38. The second kappa shape index (κ2) is 5.55. The molecule has 1 heterocycles. The van der Waals surface area contributed by atoms with Gasteiger partial charge in [-0.3, -0.25) is 0 Å². The van der Waals surface area contributed by atoms with E-state index < -0.39 is 0 Å². The van der Waals surface area contributed by atoms with Crippen LogP contribution in [0.25, 0.3) is 0 Å². The highest BCUT2D eigenvalue weighted by Gasteiger charge is 2.36. The van der Waals surface area contributed by atoms with E-state index in [4.69, 9.17) is 9.47 Å². The first kappa shape index (κ1) is 10.0. The Morgan fingerprint density at radius 3 is 2.58 bits per heavy atom. The zero-order valence-corrected chi connectivity index (χ0v) is 8.21. The molecule has 1 rings (SSSR count). The highest BCUT2D eigenvalue weighted by Crippen LogP contribution is 2.29. The van der Waals surface area contributed by atoms with Gasteiger partial charge in [-0.15, -0.1) is 0 Å². The van der Waals surface area contributed by atoms with Crippen LogP contribution in [-0.4, -0.2) is 25.9 Å². The van der Waals surface area contributed by atoms with Crippen LogP contribution in [0.2, 0.25) is 0 Å². The van der Waals surface area contributed by atoms with Gasteiger partial charge >= 0.3 is 0 Å². The summed E-state index contributed by atoms with van der Waals surface area (Å²) in [5.74, 6) is 0. The van der Waals surface area contributed by atoms with Gasteiger partial charge in [0.2, 0.25) is 0 Å². The minimum absolute atomic E-state index is 0.516.